The lowest BCUT2D eigenvalue weighted by atomic mass is 9.77. The third-order valence-electron chi connectivity index (χ3n) is 14.9. The van der Waals surface area contributed by atoms with E-state index in [4.69, 9.17) is 0 Å². The molecular weight excluding hydrogens is 960 g/mol. The van der Waals surface area contributed by atoms with Crippen LogP contribution in [0.4, 0.5) is 5.69 Å². The van der Waals surface area contributed by atoms with Crippen LogP contribution in [-0.4, -0.2) is 114 Å². The Balaban J connectivity index is 1.11. The number of anilines is 1. The summed E-state index contributed by atoms with van der Waals surface area (Å²) in [6, 6.07) is 48.1. The van der Waals surface area contributed by atoms with Gasteiger partial charge in [-0.2, -0.15) is 10.0 Å². The molecule has 76 heavy (non-hydrogen) atoms. The number of hydrogen-bond donors (Lipinski definition) is 5. The van der Waals surface area contributed by atoms with E-state index in [0.717, 1.165) is 49.4 Å². The Morgan fingerprint density at radius 1 is 0.658 bits per heavy atom. The average Bonchev–Trinajstić information content (AvgIpc) is 3.41. The normalized spacial score (nSPS) is 14.2. The smallest absolute Gasteiger partial charge is 0.423 e. The number of amides is 1. The zero-order valence-corrected chi connectivity index (χ0v) is 45.7. The molecule has 1 heterocycles. The summed E-state index contributed by atoms with van der Waals surface area (Å²) in [4.78, 5) is 22.1. The first-order valence-electron chi connectivity index (χ1n) is 26.0. The minimum absolute atomic E-state index is 0.173. The van der Waals surface area contributed by atoms with E-state index >= 15 is 0 Å². The SMILES string of the molecule is C=C(C)C(=O)NCCCN(Cc1ccccc1B(O)O)Cc1c2ccccc2c(CN(Cc2ccc(C3=C4C=CC(=[N+](C)C)C=C4S(C)(C)c4cc(N(C)C)ccc43)cc2)Cc2ccccc2B(O)O)c2ccccc12. The van der Waals surface area contributed by atoms with Crippen molar-refractivity contribution in [3.8, 4) is 0 Å². The first-order chi connectivity index (χ1) is 36.5. The van der Waals surface area contributed by atoms with Crippen molar-refractivity contribution in [1.82, 2.24) is 15.1 Å². The van der Waals surface area contributed by atoms with E-state index in [1.165, 1.54) is 43.5 Å². The van der Waals surface area contributed by atoms with Crippen molar-refractivity contribution in [3.05, 3.63) is 219 Å². The van der Waals surface area contributed by atoms with Gasteiger partial charge in [-0.15, -0.1) is 0 Å². The lowest BCUT2D eigenvalue weighted by Gasteiger charge is -2.43. The Kier molecular flexibility index (Phi) is 16.5. The Labute approximate surface area is 450 Å². The zero-order valence-electron chi connectivity index (χ0n) is 44.9. The third kappa shape index (κ3) is 11.5. The van der Waals surface area contributed by atoms with Crippen molar-refractivity contribution < 1.29 is 29.5 Å². The predicted molar refractivity (Wildman–Crippen MR) is 319 cm³/mol. The molecular formula is C63H70B2N5O5S+. The maximum atomic E-state index is 12.4. The molecule has 0 atom stereocenters. The van der Waals surface area contributed by atoms with Crippen LogP contribution < -0.4 is 21.1 Å². The quantitative estimate of drug-likeness (QED) is 0.0181. The Morgan fingerprint density at radius 2 is 1.18 bits per heavy atom. The van der Waals surface area contributed by atoms with Crippen LogP contribution >= 0.6 is 10.0 Å². The molecule has 13 heteroatoms. The highest BCUT2D eigenvalue weighted by Gasteiger charge is 2.36. The Hall–Kier alpha value is -6.80. The summed E-state index contributed by atoms with van der Waals surface area (Å²) < 4.78 is 2.18. The van der Waals surface area contributed by atoms with E-state index in [9.17, 15) is 24.9 Å². The van der Waals surface area contributed by atoms with E-state index in [1.807, 2.05) is 36.4 Å². The van der Waals surface area contributed by atoms with Gasteiger partial charge in [0.05, 0.1) is 0 Å². The number of hydrogen-bond acceptors (Lipinski definition) is 8. The first kappa shape index (κ1) is 54.0. The number of nitrogens with one attached hydrogen (secondary N) is 1. The van der Waals surface area contributed by atoms with Crippen LogP contribution in [0.1, 0.15) is 52.3 Å². The second kappa shape index (κ2) is 23.2. The fraction of sp³-hybridized carbons (Fsp3) is 0.238. The van der Waals surface area contributed by atoms with E-state index in [-0.39, 0.29) is 5.91 Å². The zero-order chi connectivity index (χ0) is 53.8. The van der Waals surface area contributed by atoms with Crippen molar-refractivity contribution in [2.75, 3.05) is 58.7 Å². The van der Waals surface area contributed by atoms with Crippen LogP contribution in [0.25, 0.3) is 27.1 Å². The molecule has 0 unspecified atom stereocenters. The van der Waals surface area contributed by atoms with Crippen LogP contribution in [0.2, 0.25) is 0 Å². The molecule has 0 saturated heterocycles. The molecule has 1 aliphatic carbocycles. The highest BCUT2D eigenvalue weighted by Crippen LogP contribution is 2.66. The van der Waals surface area contributed by atoms with Crippen molar-refractivity contribution in [2.45, 2.75) is 51.0 Å². The third-order valence-corrected chi connectivity index (χ3v) is 17.8. The van der Waals surface area contributed by atoms with E-state index in [0.29, 0.717) is 68.7 Å². The molecule has 0 bridgehead atoms. The van der Waals surface area contributed by atoms with Crippen molar-refractivity contribution in [1.29, 1.82) is 0 Å². The van der Waals surface area contributed by atoms with E-state index < -0.39 is 24.3 Å². The van der Waals surface area contributed by atoms with Gasteiger partial charge >= 0.3 is 14.2 Å². The molecule has 0 spiro atoms. The molecule has 7 aromatic carbocycles. The topological polar surface area (TPSA) is 123 Å². The van der Waals surface area contributed by atoms with Gasteiger partial charge in [-0.3, -0.25) is 14.6 Å². The van der Waals surface area contributed by atoms with Gasteiger partial charge in [0.25, 0.3) is 0 Å². The van der Waals surface area contributed by atoms with E-state index in [1.54, 1.807) is 19.1 Å². The molecule has 0 radical (unpaired) electrons. The molecule has 9 rings (SSSR count). The lowest BCUT2D eigenvalue weighted by molar-refractivity contribution is -0.462. The molecule has 10 nitrogen and oxygen atoms in total. The predicted octanol–water partition coefficient (Wildman–Crippen LogP) is 8.11. The van der Waals surface area contributed by atoms with E-state index in [2.05, 4.69) is 181 Å². The van der Waals surface area contributed by atoms with Crippen molar-refractivity contribution in [3.63, 3.8) is 0 Å². The number of rotatable bonds is 19. The molecule has 2 aliphatic rings. The van der Waals surface area contributed by atoms with Gasteiger partial charge in [-0.25, -0.2) is 4.58 Å². The number of nitrogens with zero attached hydrogens (tertiary/aromatic N) is 4. The molecule has 1 aliphatic heterocycles. The number of allylic oxidation sites excluding steroid dienone is 4. The summed E-state index contributed by atoms with van der Waals surface area (Å²) in [7, 11) is 3.81. The molecule has 0 saturated carbocycles. The van der Waals surface area contributed by atoms with Gasteiger partial charge < -0.3 is 30.3 Å². The van der Waals surface area contributed by atoms with Crippen LogP contribution in [0, 0.1) is 0 Å². The first-order valence-corrected chi connectivity index (χ1v) is 28.5. The van der Waals surface area contributed by atoms with Gasteiger partial charge in [-0.1, -0.05) is 134 Å². The fourth-order valence-electron chi connectivity index (χ4n) is 10.9. The average molecular weight is 1030 g/mol. The number of fused-ring (bicyclic) bond motifs is 4. The molecule has 0 fully saturated rings. The van der Waals surface area contributed by atoms with Crippen LogP contribution in [0.3, 0.4) is 0 Å². The van der Waals surface area contributed by atoms with Crippen LogP contribution in [0.15, 0.2) is 185 Å². The van der Waals surface area contributed by atoms with Gasteiger partial charge in [0.1, 0.15) is 14.1 Å². The highest BCUT2D eigenvalue weighted by atomic mass is 32.3. The standard InChI is InChI=1S/C63H69B2N5O5S/c1-43(2)63(71)66-34-17-35-69(39-46-18-9-15-24-58(46)64(72)73)41-56-50-20-11-13-22-52(50)57(53-23-14-12-21-51(53)56)42-70(40-47-19-10-16-25-59(47)65(74)75)38-44-26-28-45(29-27-44)62-54-32-30-48(67(3)4)36-60(54)76(7,8)61-37-49(68(5)6)31-33-55(61)62/h9-16,18-33,36-37,72-75H,1,17,34-35,38-42H2,2-8H3/p+1. The Morgan fingerprint density at radius 3 is 1.71 bits per heavy atom. The Bertz CT molecular complexity index is 3410. The van der Waals surface area contributed by atoms with Crippen LogP contribution in [0.5, 0.6) is 0 Å². The summed E-state index contributed by atoms with van der Waals surface area (Å²) >= 11 is 0. The monoisotopic (exact) mass is 1030 g/mol. The molecule has 7 aromatic rings. The number of carbonyl (C=O) groups is 1. The maximum absolute atomic E-state index is 12.4. The van der Waals surface area contributed by atoms with Gasteiger partial charge in [0, 0.05) is 93.1 Å². The molecule has 0 aromatic heterocycles. The minimum Gasteiger partial charge on any atom is -0.423 e. The largest absolute Gasteiger partial charge is 0.488 e. The summed E-state index contributed by atoms with van der Waals surface area (Å²) in [6.07, 6.45) is 12.4. The van der Waals surface area contributed by atoms with Gasteiger partial charge in [-0.05, 0) is 127 Å². The summed E-state index contributed by atoms with van der Waals surface area (Å²) in [5.74, 6) is -0.173. The second-order valence-electron chi connectivity index (χ2n) is 21.0. The number of benzene rings is 7. The minimum atomic E-state index is -1.62. The molecule has 5 N–H and O–H groups in total. The van der Waals surface area contributed by atoms with Gasteiger partial charge in [0.15, 0.2) is 0 Å². The molecule has 388 valence electrons. The van der Waals surface area contributed by atoms with Crippen molar-refractivity contribution in [2.24, 2.45) is 0 Å². The van der Waals surface area contributed by atoms with Crippen molar-refractivity contribution >= 4 is 79.6 Å². The summed E-state index contributed by atoms with van der Waals surface area (Å²) in [6.45, 7) is 9.22. The maximum Gasteiger partial charge on any atom is 0.488 e. The lowest BCUT2D eigenvalue weighted by Crippen LogP contribution is -2.36. The highest BCUT2D eigenvalue weighted by molar-refractivity contribution is 8.36. The number of carbonyl (C=O) groups excluding carboxylic acids is 1. The summed E-state index contributed by atoms with van der Waals surface area (Å²) in [5, 5.41) is 49.5. The second-order valence-corrected chi connectivity index (χ2v) is 24.5. The molecule has 1 amide bonds. The fourth-order valence-corrected chi connectivity index (χ4v) is 13.4. The van der Waals surface area contributed by atoms with Crippen LogP contribution in [-0.2, 0) is 37.5 Å². The van der Waals surface area contributed by atoms with Gasteiger partial charge in [0.2, 0.25) is 11.6 Å². The summed E-state index contributed by atoms with van der Waals surface area (Å²) in [5.41, 5.74) is 13.8.